The van der Waals surface area contributed by atoms with E-state index in [0.29, 0.717) is 11.6 Å². The van der Waals surface area contributed by atoms with Crippen LogP contribution in [0.1, 0.15) is 19.8 Å². The van der Waals surface area contributed by atoms with Gasteiger partial charge in [0.15, 0.2) is 5.82 Å². The van der Waals surface area contributed by atoms with E-state index in [4.69, 9.17) is 5.73 Å². The third kappa shape index (κ3) is 2.11. The van der Waals surface area contributed by atoms with Crippen molar-refractivity contribution in [2.24, 2.45) is 5.92 Å². The summed E-state index contributed by atoms with van der Waals surface area (Å²) in [6.07, 6.45) is 3.38. The quantitative estimate of drug-likeness (QED) is 0.789. The van der Waals surface area contributed by atoms with Crippen LogP contribution >= 0.6 is 0 Å². The van der Waals surface area contributed by atoms with Gasteiger partial charge in [-0.1, -0.05) is 6.92 Å². The number of hydrogen-bond acceptors (Lipinski definition) is 4. The second-order valence-corrected chi connectivity index (χ2v) is 4.39. The summed E-state index contributed by atoms with van der Waals surface area (Å²) >= 11 is 0. The fraction of sp³-hybridized carbons (Fsp3) is 0.583. The van der Waals surface area contributed by atoms with E-state index < -0.39 is 0 Å². The Bertz CT molecular complexity index is 356. The minimum atomic E-state index is -0.175. The fourth-order valence-electron chi connectivity index (χ4n) is 2.29. The Labute approximate surface area is 96.1 Å². The molecule has 1 fully saturated rings. The highest BCUT2D eigenvalue weighted by Gasteiger charge is 2.27. The maximum Gasteiger partial charge on any atom is 0.151 e. The summed E-state index contributed by atoms with van der Waals surface area (Å²) in [5, 5.41) is 9.82. The lowest BCUT2D eigenvalue weighted by Gasteiger charge is -2.36. The van der Waals surface area contributed by atoms with Gasteiger partial charge in [-0.15, -0.1) is 0 Å². The van der Waals surface area contributed by atoms with Crippen LogP contribution in [0.2, 0.25) is 0 Å². The lowest BCUT2D eigenvalue weighted by Crippen LogP contribution is -2.43. The molecule has 0 unspecified atom stereocenters. The zero-order valence-corrected chi connectivity index (χ0v) is 9.63. The van der Waals surface area contributed by atoms with Crippen LogP contribution in [0.25, 0.3) is 0 Å². The fourth-order valence-corrected chi connectivity index (χ4v) is 2.29. The number of piperidine rings is 1. The molecule has 3 N–H and O–H groups in total. The highest BCUT2D eigenvalue weighted by Crippen LogP contribution is 2.27. The van der Waals surface area contributed by atoms with Gasteiger partial charge in [-0.25, -0.2) is 4.98 Å². The Morgan fingerprint density at radius 2 is 2.44 bits per heavy atom. The normalized spacial score (nSPS) is 25.8. The van der Waals surface area contributed by atoms with Crippen molar-refractivity contribution in [2.45, 2.75) is 25.9 Å². The molecule has 0 bridgehead atoms. The van der Waals surface area contributed by atoms with Gasteiger partial charge < -0.3 is 15.7 Å². The van der Waals surface area contributed by atoms with Crippen LogP contribution in [0.15, 0.2) is 18.3 Å². The number of aliphatic hydroxyl groups is 1. The van der Waals surface area contributed by atoms with Crippen molar-refractivity contribution in [1.29, 1.82) is 0 Å². The van der Waals surface area contributed by atoms with E-state index in [1.807, 2.05) is 12.1 Å². The standard InChI is InChI=1S/C12H19N3O/c1-2-9-8-15(7-5-11(9)16)12-10(13)4-3-6-14-12/h3-4,6,9,11,16H,2,5,7-8,13H2,1H3/t9-,11+/m1/s1. The molecule has 1 aliphatic rings. The third-order valence-electron chi connectivity index (χ3n) is 3.33. The molecular weight excluding hydrogens is 202 g/mol. The molecule has 1 aromatic heterocycles. The largest absolute Gasteiger partial charge is 0.396 e. The second-order valence-electron chi connectivity index (χ2n) is 4.39. The number of anilines is 2. The van der Waals surface area contributed by atoms with Crippen LogP contribution in [0.3, 0.4) is 0 Å². The van der Waals surface area contributed by atoms with Crippen LogP contribution in [0.4, 0.5) is 11.5 Å². The third-order valence-corrected chi connectivity index (χ3v) is 3.33. The SMILES string of the molecule is CC[C@@H]1CN(c2ncccc2N)CC[C@@H]1O. The van der Waals surface area contributed by atoms with E-state index in [0.717, 1.165) is 31.7 Å². The molecule has 2 atom stereocenters. The van der Waals surface area contributed by atoms with Crippen molar-refractivity contribution in [3.05, 3.63) is 18.3 Å². The molecule has 0 amide bonds. The first-order valence-electron chi connectivity index (χ1n) is 5.86. The van der Waals surface area contributed by atoms with Crippen molar-refractivity contribution < 1.29 is 5.11 Å². The maximum atomic E-state index is 9.82. The minimum absolute atomic E-state index is 0.175. The first kappa shape index (κ1) is 11.2. The predicted molar refractivity (Wildman–Crippen MR) is 65.3 cm³/mol. The van der Waals surface area contributed by atoms with E-state index in [1.165, 1.54) is 0 Å². The minimum Gasteiger partial charge on any atom is -0.396 e. The van der Waals surface area contributed by atoms with Gasteiger partial charge >= 0.3 is 0 Å². The van der Waals surface area contributed by atoms with E-state index in [9.17, 15) is 5.11 Å². The summed E-state index contributed by atoms with van der Waals surface area (Å²) in [5.74, 6) is 1.18. The summed E-state index contributed by atoms with van der Waals surface area (Å²) < 4.78 is 0. The molecule has 0 saturated carbocycles. The molecule has 2 rings (SSSR count). The van der Waals surface area contributed by atoms with Crippen molar-refractivity contribution in [2.75, 3.05) is 23.7 Å². The van der Waals surface area contributed by atoms with Crippen LogP contribution in [0.5, 0.6) is 0 Å². The Morgan fingerprint density at radius 3 is 3.12 bits per heavy atom. The first-order chi connectivity index (χ1) is 7.72. The molecule has 16 heavy (non-hydrogen) atoms. The summed E-state index contributed by atoms with van der Waals surface area (Å²) in [4.78, 5) is 6.49. The number of nitrogen functional groups attached to an aromatic ring is 1. The number of nitrogens with zero attached hydrogens (tertiary/aromatic N) is 2. The van der Waals surface area contributed by atoms with Gasteiger partial charge in [0.2, 0.25) is 0 Å². The molecule has 0 spiro atoms. The molecular formula is C12H19N3O. The van der Waals surface area contributed by atoms with E-state index in [-0.39, 0.29) is 6.10 Å². The van der Waals surface area contributed by atoms with Gasteiger partial charge in [0.05, 0.1) is 11.8 Å². The number of aromatic nitrogens is 1. The highest BCUT2D eigenvalue weighted by atomic mass is 16.3. The van der Waals surface area contributed by atoms with Gasteiger partial charge in [-0.2, -0.15) is 0 Å². The molecule has 2 heterocycles. The van der Waals surface area contributed by atoms with Gasteiger partial charge in [-0.3, -0.25) is 0 Å². The van der Waals surface area contributed by atoms with E-state index in [1.54, 1.807) is 6.20 Å². The van der Waals surface area contributed by atoms with Crippen LogP contribution in [-0.4, -0.2) is 29.3 Å². The molecule has 0 aliphatic carbocycles. The predicted octanol–water partition coefficient (Wildman–Crippen LogP) is 1.26. The zero-order chi connectivity index (χ0) is 11.5. The number of nitrogens with two attached hydrogens (primary N) is 1. The molecule has 4 heteroatoms. The van der Waals surface area contributed by atoms with Crippen molar-refractivity contribution >= 4 is 11.5 Å². The highest BCUT2D eigenvalue weighted by molar-refractivity contribution is 5.62. The van der Waals surface area contributed by atoms with Gasteiger partial charge in [0.25, 0.3) is 0 Å². The maximum absolute atomic E-state index is 9.82. The molecule has 0 aromatic carbocycles. The van der Waals surface area contributed by atoms with Crippen LogP contribution < -0.4 is 10.6 Å². The molecule has 0 radical (unpaired) electrons. The average Bonchev–Trinajstić information content (AvgIpc) is 2.31. The van der Waals surface area contributed by atoms with Gasteiger partial charge in [0, 0.05) is 25.2 Å². The monoisotopic (exact) mass is 221 g/mol. The van der Waals surface area contributed by atoms with Gasteiger partial charge in [-0.05, 0) is 25.0 Å². The molecule has 4 nitrogen and oxygen atoms in total. The van der Waals surface area contributed by atoms with Crippen LogP contribution in [0, 0.1) is 5.92 Å². The summed E-state index contributed by atoms with van der Waals surface area (Å²) in [6.45, 7) is 3.79. The van der Waals surface area contributed by atoms with Crippen molar-refractivity contribution in [3.8, 4) is 0 Å². The van der Waals surface area contributed by atoms with Crippen molar-refractivity contribution in [1.82, 2.24) is 4.98 Å². The lowest BCUT2D eigenvalue weighted by molar-refractivity contribution is 0.0858. The van der Waals surface area contributed by atoms with E-state index in [2.05, 4.69) is 16.8 Å². The van der Waals surface area contributed by atoms with Crippen molar-refractivity contribution in [3.63, 3.8) is 0 Å². The number of pyridine rings is 1. The smallest absolute Gasteiger partial charge is 0.151 e. The topological polar surface area (TPSA) is 62.4 Å². The molecule has 1 saturated heterocycles. The Kier molecular flexibility index (Phi) is 3.29. The Morgan fingerprint density at radius 1 is 1.62 bits per heavy atom. The summed E-state index contributed by atoms with van der Waals surface area (Å²) in [6, 6.07) is 3.71. The Hall–Kier alpha value is -1.29. The summed E-state index contributed by atoms with van der Waals surface area (Å²) in [7, 11) is 0. The average molecular weight is 221 g/mol. The number of hydrogen-bond donors (Lipinski definition) is 2. The van der Waals surface area contributed by atoms with Gasteiger partial charge in [0.1, 0.15) is 0 Å². The second kappa shape index (κ2) is 4.70. The Balaban J connectivity index is 2.14. The molecule has 1 aliphatic heterocycles. The molecule has 88 valence electrons. The lowest BCUT2D eigenvalue weighted by atomic mass is 9.92. The first-order valence-corrected chi connectivity index (χ1v) is 5.86. The number of rotatable bonds is 2. The molecule has 1 aromatic rings. The zero-order valence-electron chi connectivity index (χ0n) is 9.63. The number of aliphatic hydroxyl groups excluding tert-OH is 1. The van der Waals surface area contributed by atoms with Crippen LogP contribution in [-0.2, 0) is 0 Å². The summed E-state index contributed by atoms with van der Waals surface area (Å²) in [5.41, 5.74) is 6.62. The van der Waals surface area contributed by atoms with E-state index >= 15 is 0 Å².